The SMILES string of the molecule is [CH2-]c1ccccc1.[Cl-].[Mg+2].[SiH4].[Ti]. The molecule has 0 aromatic heterocycles. The van der Waals surface area contributed by atoms with Gasteiger partial charge < -0.3 is 12.4 Å². The molecule has 1 rings (SSSR count). The fourth-order valence-corrected chi connectivity index (χ4v) is 0.478. The monoisotopic (exact) mass is 230 g/mol. The zero-order chi connectivity index (χ0) is 5.11. The Morgan fingerprint density at radius 3 is 1.55 bits per heavy atom. The first kappa shape index (κ1) is 22.7. The molecule has 1 aromatic rings. The summed E-state index contributed by atoms with van der Waals surface area (Å²) in [4.78, 5) is 0. The van der Waals surface area contributed by atoms with E-state index < -0.39 is 0 Å². The molecule has 0 aliphatic carbocycles. The van der Waals surface area contributed by atoms with E-state index in [1.165, 1.54) is 0 Å². The van der Waals surface area contributed by atoms with Crippen molar-refractivity contribution in [3.63, 3.8) is 0 Å². The average molecular weight is 231 g/mol. The van der Waals surface area contributed by atoms with Gasteiger partial charge in [-0.05, 0) is 11.0 Å². The van der Waals surface area contributed by atoms with E-state index in [4.69, 9.17) is 0 Å². The van der Waals surface area contributed by atoms with Gasteiger partial charge in [0.05, 0.1) is 0 Å². The summed E-state index contributed by atoms with van der Waals surface area (Å²) in [6.07, 6.45) is 0. The van der Waals surface area contributed by atoms with E-state index in [1.807, 2.05) is 30.3 Å². The van der Waals surface area contributed by atoms with Gasteiger partial charge in [-0.3, -0.25) is 0 Å². The van der Waals surface area contributed by atoms with Crippen LogP contribution in [-0.2, 0) is 21.7 Å². The van der Waals surface area contributed by atoms with Crippen molar-refractivity contribution in [1.29, 1.82) is 0 Å². The van der Waals surface area contributed by atoms with Gasteiger partial charge in [-0.1, -0.05) is 6.07 Å². The number of rotatable bonds is 0. The zero-order valence-electron chi connectivity index (χ0n) is 5.68. The molecule has 0 nitrogen and oxygen atoms in total. The number of hydrogen-bond donors (Lipinski definition) is 0. The third-order valence-corrected chi connectivity index (χ3v) is 0.843. The molecule has 0 bridgehead atoms. The van der Waals surface area contributed by atoms with Crippen LogP contribution >= 0.6 is 0 Å². The first-order valence-corrected chi connectivity index (χ1v) is 2.26. The van der Waals surface area contributed by atoms with Crippen LogP contribution in [0.15, 0.2) is 30.3 Å². The second-order valence-electron chi connectivity index (χ2n) is 1.49. The maximum Gasteiger partial charge on any atom is 2.00 e. The molecular weight excluding hydrogens is 220 g/mol. The molecular formula is C7H11ClMgSiTi. The quantitative estimate of drug-likeness (QED) is 0.330. The largest absolute Gasteiger partial charge is 2.00 e. The molecule has 0 unspecified atom stereocenters. The van der Waals surface area contributed by atoms with Crippen LogP contribution in [0.25, 0.3) is 0 Å². The van der Waals surface area contributed by atoms with E-state index >= 15 is 0 Å². The van der Waals surface area contributed by atoms with Gasteiger partial charge in [0.25, 0.3) is 0 Å². The van der Waals surface area contributed by atoms with Gasteiger partial charge in [-0.25, -0.2) is 0 Å². The Morgan fingerprint density at radius 2 is 1.36 bits per heavy atom. The van der Waals surface area contributed by atoms with Gasteiger partial charge in [0.1, 0.15) is 0 Å². The molecule has 0 spiro atoms. The fraction of sp³-hybridized carbons (Fsp3) is 0. The molecule has 0 radical (unpaired) electrons. The fourth-order valence-electron chi connectivity index (χ4n) is 0.478. The van der Waals surface area contributed by atoms with Crippen molar-refractivity contribution in [2.45, 2.75) is 0 Å². The van der Waals surface area contributed by atoms with E-state index in [0.717, 1.165) is 5.56 Å². The first-order valence-electron chi connectivity index (χ1n) is 2.26. The van der Waals surface area contributed by atoms with Crippen molar-refractivity contribution in [3.05, 3.63) is 42.8 Å². The topological polar surface area (TPSA) is 0 Å². The molecule has 56 valence electrons. The summed E-state index contributed by atoms with van der Waals surface area (Å²) in [6.45, 7) is 3.72. The second kappa shape index (κ2) is 13.7. The van der Waals surface area contributed by atoms with Gasteiger partial charge in [-0.2, -0.15) is 24.6 Å². The van der Waals surface area contributed by atoms with Crippen molar-refractivity contribution in [2.24, 2.45) is 0 Å². The number of benzene rings is 1. The maximum atomic E-state index is 3.72. The molecule has 11 heavy (non-hydrogen) atoms. The minimum absolute atomic E-state index is 0. The van der Waals surface area contributed by atoms with E-state index in [9.17, 15) is 0 Å². The zero-order valence-corrected chi connectivity index (χ0v) is 9.41. The summed E-state index contributed by atoms with van der Waals surface area (Å²) in [6, 6.07) is 9.87. The molecule has 0 saturated heterocycles. The predicted octanol–water partition coefficient (Wildman–Crippen LogP) is -2.96. The summed E-state index contributed by atoms with van der Waals surface area (Å²) in [7, 11) is 0. The Balaban J connectivity index is -0.0000000612. The maximum absolute atomic E-state index is 3.72. The molecule has 0 atom stereocenters. The van der Waals surface area contributed by atoms with Crippen LogP contribution < -0.4 is 12.4 Å². The van der Waals surface area contributed by atoms with E-state index in [1.54, 1.807) is 0 Å². The number of hydrogen-bond acceptors (Lipinski definition) is 0. The summed E-state index contributed by atoms with van der Waals surface area (Å²) in [5.74, 6) is 0. The Kier molecular flexibility index (Phi) is 28.2. The minimum atomic E-state index is 0. The van der Waals surface area contributed by atoms with Crippen LogP contribution in [0.5, 0.6) is 0 Å². The van der Waals surface area contributed by atoms with Crippen molar-refractivity contribution in [3.8, 4) is 0 Å². The summed E-state index contributed by atoms with van der Waals surface area (Å²) >= 11 is 0. The standard InChI is InChI=1S/C7H7.ClH.Mg.H4Si.Ti/c1-7-5-3-2-4-6-7;;;;/h2-6H,1H2;1H;;1H4;/q-1;;+2;;/p-1. The Hall–Kier alpha value is 1.08. The predicted molar refractivity (Wildman–Crippen MR) is 48.0 cm³/mol. The molecule has 0 saturated carbocycles. The van der Waals surface area contributed by atoms with Crippen molar-refractivity contribution in [2.75, 3.05) is 0 Å². The van der Waals surface area contributed by atoms with Gasteiger partial charge in [0, 0.05) is 21.7 Å². The van der Waals surface area contributed by atoms with Crippen molar-refractivity contribution >= 4 is 34.0 Å². The van der Waals surface area contributed by atoms with Crippen LogP contribution in [0.2, 0.25) is 0 Å². The van der Waals surface area contributed by atoms with E-state index in [-0.39, 0.29) is 68.1 Å². The first-order chi connectivity index (χ1) is 3.39. The molecule has 0 heterocycles. The molecule has 0 amide bonds. The normalized spacial score (nSPS) is 5.45. The summed E-state index contributed by atoms with van der Waals surface area (Å²) in [5, 5.41) is 0. The number of halogens is 1. The smallest absolute Gasteiger partial charge is 1.00 e. The average Bonchev–Trinajstić information content (AvgIpc) is 1.69. The van der Waals surface area contributed by atoms with Gasteiger partial charge in [0.15, 0.2) is 0 Å². The van der Waals surface area contributed by atoms with Crippen LogP contribution in [0, 0.1) is 6.92 Å². The van der Waals surface area contributed by atoms with Gasteiger partial charge in [0.2, 0.25) is 0 Å². The molecule has 0 aliphatic heterocycles. The molecule has 0 fully saturated rings. The van der Waals surface area contributed by atoms with Crippen molar-refractivity contribution in [1.82, 2.24) is 0 Å². The third kappa shape index (κ3) is 11.1. The second-order valence-corrected chi connectivity index (χ2v) is 1.49. The van der Waals surface area contributed by atoms with E-state index in [0.29, 0.717) is 0 Å². The van der Waals surface area contributed by atoms with Crippen LogP contribution in [0.1, 0.15) is 5.56 Å². The van der Waals surface area contributed by atoms with E-state index in [2.05, 4.69) is 6.92 Å². The Labute approximate surface area is 110 Å². The van der Waals surface area contributed by atoms with Crippen LogP contribution in [0.4, 0.5) is 0 Å². The van der Waals surface area contributed by atoms with Gasteiger partial charge >= 0.3 is 23.1 Å². The Morgan fingerprint density at radius 1 is 1.00 bits per heavy atom. The summed E-state index contributed by atoms with van der Waals surface area (Å²) in [5.41, 5.74) is 1.07. The summed E-state index contributed by atoms with van der Waals surface area (Å²) < 4.78 is 0. The molecule has 0 N–H and O–H groups in total. The minimum Gasteiger partial charge on any atom is -1.00 e. The molecule has 4 heteroatoms. The Bertz CT molecular complexity index is 148. The molecule has 0 aliphatic rings. The van der Waals surface area contributed by atoms with Crippen LogP contribution in [-0.4, -0.2) is 34.0 Å². The third-order valence-electron chi connectivity index (χ3n) is 0.843. The molecule has 1 aromatic carbocycles. The van der Waals surface area contributed by atoms with Gasteiger partial charge in [-0.15, -0.1) is 12.1 Å². The van der Waals surface area contributed by atoms with Crippen molar-refractivity contribution < 1.29 is 34.1 Å². The van der Waals surface area contributed by atoms with Crippen LogP contribution in [0.3, 0.4) is 0 Å².